The predicted molar refractivity (Wildman–Crippen MR) is 98.6 cm³/mol. The molecule has 0 spiro atoms. The van der Waals surface area contributed by atoms with Gasteiger partial charge in [0.1, 0.15) is 29.8 Å². The second-order valence-electron chi connectivity index (χ2n) is 6.13. The van der Waals surface area contributed by atoms with Crippen molar-refractivity contribution in [1.29, 1.82) is 0 Å². The highest BCUT2D eigenvalue weighted by molar-refractivity contribution is 6.31. The number of halogens is 1. The van der Waals surface area contributed by atoms with Crippen LogP contribution in [0.3, 0.4) is 0 Å². The lowest BCUT2D eigenvalue weighted by Gasteiger charge is -2.13. The lowest BCUT2D eigenvalue weighted by Crippen LogP contribution is -2.09. The number of nitro groups is 1. The fourth-order valence-corrected chi connectivity index (χ4v) is 3.10. The van der Waals surface area contributed by atoms with E-state index in [1.54, 1.807) is 6.07 Å². The van der Waals surface area contributed by atoms with Crippen molar-refractivity contribution in [3.63, 3.8) is 0 Å². The normalized spacial score (nSPS) is 15.0. The van der Waals surface area contributed by atoms with Crippen LogP contribution in [0.15, 0.2) is 30.3 Å². The zero-order chi connectivity index (χ0) is 19.6. The molecule has 0 aromatic heterocycles. The number of benzene rings is 2. The molecule has 1 heterocycles. The summed E-state index contributed by atoms with van der Waals surface area (Å²) in [7, 11) is 0. The molecule has 1 aliphatic rings. The Morgan fingerprint density at radius 2 is 2.15 bits per heavy atom. The standard InChI is InChI=1S/C19H18ClNO6/c1-3-25-17-7-12-6-11(2)27-18(12)8-13(17)10-26-19(22)15-5-4-14(20)9-16(15)21(23)24/h4-5,7-9,11H,3,6,10H2,1-2H3. The highest BCUT2D eigenvalue weighted by Crippen LogP contribution is 2.35. The number of carbonyl (C=O) groups is 1. The Kier molecular flexibility index (Phi) is 5.51. The van der Waals surface area contributed by atoms with Crippen molar-refractivity contribution in [3.8, 4) is 11.5 Å². The fourth-order valence-electron chi connectivity index (χ4n) is 2.93. The van der Waals surface area contributed by atoms with Crippen molar-refractivity contribution in [3.05, 3.63) is 62.2 Å². The first-order chi connectivity index (χ1) is 12.9. The molecule has 3 rings (SSSR count). The Morgan fingerprint density at radius 1 is 1.37 bits per heavy atom. The summed E-state index contributed by atoms with van der Waals surface area (Å²) >= 11 is 5.77. The molecular weight excluding hydrogens is 374 g/mol. The van der Waals surface area contributed by atoms with Crippen LogP contribution in [0.2, 0.25) is 5.02 Å². The maximum atomic E-state index is 12.4. The molecule has 2 aromatic carbocycles. The number of nitrogens with zero attached hydrogens (tertiary/aromatic N) is 1. The predicted octanol–water partition coefficient (Wildman–Crippen LogP) is 4.33. The number of hydrogen-bond acceptors (Lipinski definition) is 6. The quantitative estimate of drug-likeness (QED) is 0.414. The SMILES string of the molecule is CCOc1cc2c(cc1COC(=O)c1ccc(Cl)cc1[N+](=O)[O-])OC(C)C2. The van der Waals surface area contributed by atoms with Crippen molar-refractivity contribution in [2.45, 2.75) is 33.0 Å². The van der Waals surface area contributed by atoms with Gasteiger partial charge in [0.2, 0.25) is 0 Å². The molecule has 7 nitrogen and oxygen atoms in total. The summed E-state index contributed by atoms with van der Waals surface area (Å²) < 4.78 is 16.7. The minimum Gasteiger partial charge on any atom is -0.493 e. The van der Waals surface area contributed by atoms with E-state index in [4.69, 9.17) is 25.8 Å². The fraction of sp³-hybridized carbons (Fsp3) is 0.316. The molecule has 142 valence electrons. The first-order valence-corrected chi connectivity index (χ1v) is 8.83. The van der Waals surface area contributed by atoms with Crippen molar-refractivity contribution >= 4 is 23.3 Å². The van der Waals surface area contributed by atoms with E-state index >= 15 is 0 Å². The summed E-state index contributed by atoms with van der Waals surface area (Å²) in [6.45, 7) is 4.19. The second-order valence-corrected chi connectivity index (χ2v) is 6.56. The van der Waals surface area contributed by atoms with Crippen LogP contribution in [-0.4, -0.2) is 23.6 Å². The van der Waals surface area contributed by atoms with Gasteiger partial charge in [0.25, 0.3) is 5.69 Å². The van der Waals surface area contributed by atoms with Gasteiger partial charge in [-0.3, -0.25) is 10.1 Å². The molecule has 0 aliphatic carbocycles. The summed E-state index contributed by atoms with van der Waals surface area (Å²) in [6, 6.07) is 7.47. The third-order valence-electron chi connectivity index (χ3n) is 4.11. The van der Waals surface area contributed by atoms with Crippen molar-refractivity contribution in [2.24, 2.45) is 0 Å². The molecule has 0 amide bonds. The van der Waals surface area contributed by atoms with Gasteiger partial charge in [-0.2, -0.15) is 0 Å². The molecule has 0 bridgehead atoms. The maximum absolute atomic E-state index is 12.4. The molecular formula is C19H18ClNO6. The first kappa shape index (κ1) is 19.0. The number of ether oxygens (including phenoxy) is 3. The van der Waals surface area contributed by atoms with E-state index in [0.29, 0.717) is 17.9 Å². The minimum atomic E-state index is -0.810. The van der Waals surface area contributed by atoms with Gasteiger partial charge in [-0.1, -0.05) is 11.6 Å². The zero-order valence-corrected chi connectivity index (χ0v) is 15.6. The molecule has 0 radical (unpaired) electrons. The molecule has 1 atom stereocenters. The van der Waals surface area contributed by atoms with Gasteiger partial charge in [-0.25, -0.2) is 4.79 Å². The Labute approximate surface area is 160 Å². The monoisotopic (exact) mass is 391 g/mol. The molecule has 2 aromatic rings. The van der Waals surface area contributed by atoms with Crippen molar-refractivity contribution < 1.29 is 23.9 Å². The smallest absolute Gasteiger partial charge is 0.345 e. The van der Waals surface area contributed by atoms with Gasteiger partial charge >= 0.3 is 5.97 Å². The first-order valence-electron chi connectivity index (χ1n) is 8.45. The summed E-state index contributed by atoms with van der Waals surface area (Å²) in [6.07, 6.45) is 0.857. The molecule has 0 saturated heterocycles. The van der Waals surface area contributed by atoms with E-state index < -0.39 is 16.6 Å². The molecule has 27 heavy (non-hydrogen) atoms. The minimum absolute atomic E-state index is 0.0731. The van der Waals surface area contributed by atoms with E-state index in [1.807, 2.05) is 19.9 Å². The lowest BCUT2D eigenvalue weighted by atomic mass is 10.1. The molecule has 1 unspecified atom stereocenters. The number of esters is 1. The second kappa shape index (κ2) is 7.84. The number of rotatable bonds is 6. The van der Waals surface area contributed by atoms with Gasteiger partial charge in [-0.15, -0.1) is 0 Å². The van der Waals surface area contributed by atoms with Crippen molar-refractivity contribution in [2.75, 3.05) is 6.61 Å². The van der Waals surface area contributed by atoms with Crippen LogP contribution in [0.1, 0.15) is 35.3 Å². The highest BCUT2D eigenvalue weighted by Gasteiger charge is 2.24. The van der Waals surface area contributed by atoms with Gasteiger partial charge in [0, 0.05) is 28.6 Å². The summed E-state index contributed by atoms with van der Waals surface area (Å²) in [5.74, 6) is 0.525. The molecule has 0 N–H and O–H groups in total. The summed E-state index contributed by atoms with van der Waals surface area (Å²) in [5, 5.41) is 11.3. The summed E-state index contributed by atoms with van der Waals surface area (Å²) in [4.78, 5) is 22.9. The molecule has 1 aliphatic heterocycles. The largest absolute Gasteiger partial charge is 0.493 e. The van der Waals surface area contributed by atoms with Crippen LogP contribution >= 0.6 is 11.6 Å². The van der Waals surface area contributed by atoms with Gasteiger partial charge in [0.15, 0.2) is 0 Å². The number of nitro benzene ring substituents is 1. The molecule has 8 heteroatoms. The van der Waals surface area contributed by atoms with Crippen LogP contribution in [0.5, 0.6) is 11.5 Å². The van der Waals surface area contributed by atoms with Crippen LogP contribution in [-0.2, 0) is 17.8 Å². The van der Waals surface area contributed by atoms with E-state index in [1.165, 1.54) is 12.1 Å². The van der Waals surface area contributed by atoms with Gasteiger partial charge in [-0.05, 0) is 38.1 Å². The Hall–Kier alpha value is -2.80. The lowest BCUT2D eigenvalue weighted by molar-refractivity contribution is -0.385. The number of fused-ring (bicyclic) bond motifs is 1. The Bertz CT molecular complexity index is 898. The van der Waals surface area contributed by atoms with Crippen molar-refractivity contribution in [1.82, 2.24) is 0 Å². The van der Waals surface area contributed by atoms with Crippen LogP contribution in [0, 0.1) is 10.1 Å². The third kappa shape index (κ3) is 4.14. The average Bonchev–Trinajstić information content (AvgIpc) is 2.98. The van der Waals surface area contributed by atoms with E-state index in [9.17, 15) is 14.9 Å². The number of carbonyl (C=O) groups excluding carboxylic acids is 1. The average molecular weight is 392 g/mol. The zero-order valence-electron chi connectivity index (χ0n) is 14.9. The molecule has 0 saturated carbocycles. The van der Waals surface area contributed by atoms with E-state index in [2.05, 4.69) is 0 Å². The third-order valence-corrected chi connectivity index (χ3v) is 4.35. The van der Waals surface area contributed by atoms with Crippen LogP contribution in [0.25, 0.3) is 0 Å². The van der Waals surface area contributed by atoms with Crippen LogP contribution < -0.4 is 9.47 Å². The Morgan fingerprint density at radius 3 is 2.85 bits per heavy atom. The maximum Gasteiger partial charge on any atom is 0.345 e. The molecule has 0 fully saturated rings. The van der Waals surface area contributed by atoms with Gasteiger partial charge in [0.05, 0.1) is 11.5 Å². The van der Waals surface area contributed by atoms with E-state index in [0.717, 1.165) is 23.8 Å². The van der Waals surface area contributed by atoms with Crippen LogP contribution in [0.4, 0.5) is 5.69 Å². The number of hydrogen-bond donors (Lipinski definition) is 0. The van der Waals surface area contributed by atoms with Gasteiger partial charge < -0.3 is 14.2 Å². The van der Waals surface area contributed by atoms with E-state index in [-0.39, 0.29) is 23.3 Å². The summed E-state index contributed by atoms with van der Waals surface area (Å²) in [5.41, 5.74) is 1.11. The Balaban J connectivity index is 1.82. The highest BCUT2D eigenvalue weighted by atomic mass is 35.5. The topological polar surface area (TPSA) is 87.9 Å².